The van der Waals surface area contributed by atoms with Gasteiger partial charge in [-0.3, -0.25) is 4.79 Å². The molecule has 5 nitrogen and oxygen atoms in total. The van der Waals surface area contributed by atoms with Crippen LogP contribution in [0.15, 0.2) is 36.5 Å². The molecule has 0 saturated heterocycles. The molecule has 19 heavy (non-hydrogen) atoms. The number of nitrogens with zero attached hydrogens (tertiary/aromatic N) is 2. The molecule has 1 aromatic heterocycles. The molecule has 0 spiro atoms. The fourth-order valence-electron chi connectivity index (χ4n) is 2.14. The number of benzene rings is 1. The maximum Gasteiger partial charge on any atom is 0.251 e. The maximum absolute atomic E-state index is 12.0. The summed E-state index contributed by atoms with van der Waals surface area (Å²) < 4.78 is 0. The standard InChI is InChI=1S/C14H14N4O/c19-14(16-9-13-2-1-5-17-18-13)10-3-4-11-7-15-8-12(11)6-10/h1-6,15H,7-9H2,(H,16,19). The summed E-state index contributed by atoms with van der Waals surface area (Å²) in [7, 11) is 0. The van der Waals surface area contributed by atoms with E-state index in [1.54, 1.807) is 12.3 Å². The summed E-state index contributed by atoms with van der Waals surface area (Å²) in [5.74, 6) is -0.0830. The third-order valence-electron chi connectivity index (χ3n) is 3.16. The molecule has 3 rings (SSSR count). The molecule has 1 aliphatic heterocycles. The lowest BCUT2D eigenvalue weighted by Gasteiger charge is -2.06. The van der Waals surface area contributed by atoms with Crippen molar-refractivity contribution in [3.8, 4) is 0 Å². The molecule has 5 heteroatoms. The highest BCUT2D eigenvalue weighted by atomic mass is 16.1. The lowest BCUT2D eigenvalue weighted by molar-refractivity contribution is 0.0950. The summed E-state index contributed by atoms with van der Waals surface area (Å²) in [4.78, 5) is 12.0. The summed E-state index contributed by atoms with van der Waals surface area (Å²) in [6.45, 7) is 2.11. The van der Waals surface area contributed by atoms with Gasteiger partial charge in [-0.2, -0.15) is 10.2 Å². The van der Waals surface area contributed by atoms with Crippen LogP contribution < -0.4 is 10.6 Å². The molecule has 1 amide bonds. The zero-order valence-electron chi connectivity index (χ0n) is 10.4. The van der Waals surface area contributed by atoms with E-state index >= 15 is 0 Å². The smallest absolute Gasteiger partial charge is 0.251 e. The molecule has 2 heterocycles. The van der Waals surface area contributed by atoms with Crippen LogP contribution in [0.2, 0.25) is 0 Å². The second-order valence-electron chi connectivity index (χ2n) is 4.48. The summed E-state index contributed by atoms with van der Waals surface area (Å²) in [6, 6.07) is 9.45. The largest absolute Gasteiger partial charge is 0.346 e. The van der Waals surface area contributed by atoms with Crippen LogP contribution in [0.1, 0.15) is 27.2 Å². The number of carbonyl (C=O) groups is 1. The van der Waals surface area contributed by atoms with Crippen LogP contribution in [0.4, 0.5) is 0 Å². The number of hydrogen-bond acceptors (Lipinski definition) is 4. The van der Waals surface area contributed by atoms with Crippen LogP contribution in [0.5, 0.6) is 0 Å². The molecule has 0 bridgehead atoms. The zero-order valence-corrected chi connectivity index (χ0v) is 10.4. The molecule has 2 N–H and O–H groups in total. The van der Waals surface area contributed by atoms with Crippen molar-refractivity contribution < 1.29 is 4.79 Å². The first-order chi connectivity index (χ1) is 9.33. The van der Waals surface area contributed by atoms with Gasteiger partial charge in [-0.25, -0.2) is 0 Å². The van der Waals surface area contributed by atoms with Crippen LogP contribution in [0, 0.1) is 0 Å². The average molecular weight is 254 g/mol. The van der Waals surface area contributed by atoms with Gasteiger partial charge in [0, 0.05) is 24.8 Å². The van der Waals surface area contributed by atoms with Gasteiger partial charge < -0.3 is 10.6 Å². The second kappa shape index (κ2) is 5.16. The Morgan fingerprint density at radius 3 is 3.00 bits per heavy atom. The minimum absolute atomic E-state index is 0.0830. The SMILES string of the molecule is O=C(NCc1cccnn1)c1ccc2c(c1)CNC2. The third kappa shape index (κ3) is 2.61. The fraction of sp³-hybridized carbons (Fsp3) is 0.214. The first-order valence-electron chi connectivity index (χ1n) is 6.20. The molecular weight excluding hydrogens is 240 g/mol. The molecule has 0 radical (unpaired) electrons. The van der Waals surface area contributed by atoms with Crippen LogP contribution in [0.25, 0.3) is 0 Å². The van der Waals surface area contributed by atoms with Crippen molar-refractivity contribution in [1.82, 2.24) is 20.8 Å². The minimum atomic E-state index is -0.0830. The maximum atomic E-state index is 12.0. The van der Waals surface area contributed by atoms with Crippen LogP contribution in [-0.4, -0.2) is 16.1 Å². The van der Waals surface area contributed by atoms with E-state index in [1.807, 2.05) is 24.3 Å². The van der Waals surface area contributed by atoms with Crippen molar-refractivity contribution in [2.45, 2.75) is 19.6 Å². The van der Waals surface area contributed by atoms with Crippen LogP contribution in [-0.2, 0) is 19.6 Å². The van der Waals surface area contributed by atoms with Gasteiger partial charge in [-0.1, -0.05) is 6.07 Å². The van der Waals surface area contributed by atoms with E-state index in [1.165, 1.54) is 11.1 Å². The topological polar surface area (TPSA) is 66.9 Å². The first-order valence-corrected chi connectivity index (χ1v) is 6.20. The lowest BCUT2D eigenvalue weighted by Crippen LogP contribution is -2.23. The Bertz CT molecular complexity index is 598. The van der Waals surface area contributed by atoms with Gasteiger partial charge >= 0.3 is 0 Å². The Balaban J connectivity index is 1.67. The molecule has 1 aromatic carbocycles. The number of hydrogen-bond donors (Lipinski definition) is 2. The Morgan fingerprint density at radius 1 is 1.26 bits per heavy atom. The highest BCUT2D eigenvalue weighted by Crippen LogP contribution is 2.16. The number of amides is 1. The summed E-state index contributed by atoms with van der Waals surface area (Å²) in [6.07, 6.45) is 1.61. The van der Waals surface area contributed by atoms with Gasteiger partial charge in [0.25, 0.3) is 5.91 Å². The van der Waals surface area contributed by atoms with Crippen molar-refractivity contribution in [2.24, 2.45) is 0 Å². The van der Waals surface area contributed by atoms with E-state index in [4.69, 9.17) is 0 Å². The number of carbonyl (C=O) groups excluding carboxylic acids is 1. The number of rotatable bonds is 3. The number of fused-ring (bicyclic) bond motifs is 1. The Hall–Kier alpha value is -2.27. The Labute approximate surface area is 111 Å². The predicted molar refractivity (Wildman–Crippen MR) is 70.2 cm³/mol. The first kappa shape index (κ1) is 11.8. The van der Waals surface area contributed by atoms with E-state index in [0.29, 0.717) is 12.1 Å². The van der Waals surface area contributed by atoms with Gasteiger partial charge in [0.15, 0.2) is 0 Å². The fourth-order valence-corrected chi connectivity index (χ4v) is 2.14. The molecular formula is C14H14N4O. The van der Waals surface area contributed by atoms with Crippen LogP contribution in [0.3, 0.4) is 0 Å². The lowest BCUT2D eigenvalue weighted by atomic mass is 10.1. The summed E-state index contributed by atoms with van der Waals surface area (Å²) in [5.41, 5.74) is 3.91. The minimum Gasteiger partial charge on any atom is -0.346 e. The van der Waals surface area contributed by atoms with Gasteiger partial charge in [-0.05, 0) is 35.4 Å². The molecule has 0 aliphatic carbocycles. The third-order valence-corrected chi connectivity index (χ3v) is 3.16. The highest BCUT2D eigenvalue weighted by molar-refractivity contribution is 5.94. The summed E-state index contributed by atoms with van der Waals surface area (Å²) >= 11 is 0. The van der Waals surface area contributed by atoms with E-state index in [2.05, 4.69) is 20.8 Å². The van der Waals surface area contributed by atoms with Gasteiger partial charge in [0.2, 0.25) is 0 Å². The monoisotopic (exact) mass is 254 g/mol. The van der Waals surface area contributed by atoms with Crippen molar-refractivity contribution in [1.29, 1.82) is 0 Å². The van der Waals surface area contributed by atoms with E-state index in [9.17, 15) is 4.79 Å². The molecule has 96 valence electrons. The molecule has 0 unspecified atom stereocenters. The van der Waals surface area contributed by atoms with E-state index in [0.717, 1.165) is 18.8 Å². The Kier molecular flexibility index (Phi) is 3.20. The van der Waals surface area contributed by atoms with Crippen molar-refractivity contribution in [3.63, 3.8) is 0 Å². The van der Waals surface area contributed by atoms with Crippen molar-refractivity contribution in [3.05, 3.63) is 58.9 Å². The normalized spacial score (nSPS) is 13.1. The van der Waals surface area contributed by atoms with Gasteiger partial charge in [0.05, 0.1) is 12.2 Å². The highest BCUT2D eigenvalue weighted by Gasteiger charge is 2.13. The molecule has 0 atom stereocenters. The zero-order chi connectivity index (χ0) is 13.1. The number of aromatic nitrogens is 2. The Morgan fingerprint density at radius 2 is 2.16 bits per heavy atom. The van der Waals surface area contributed by atoms with E-state index in [-0.39, 0.29) is 5.91 Å². The number of nitrogens with one attached hydrogen (secondary N) is 2. The van der Waals surface area contributed by atoms with Gasteiger partial charge in [-0.15, -0.1) is 0 Å². The predicted octanol–water partition coefficient (Wildman–Crippen LogP) is 1.01. The van der Waals surface area contributed by atoms with Crippen molar-refractivity contribution >= 4 is 5.91 Å². The van der Waals surface area contributed by atoms with E-state index < -0.39 is 0 Å². The second-order valence-corrected chi connectivity index (χ2v) is 4.48. The van der Waals surface area contributed by atoms with Gasteiger partial charge in [0.1, 0.15) is 0 Å². The molecule has 0 saturated carbocycles. The summed E-state index contributed by atoms with van der Waals surface area (Å²) in [5, 5.41) is 13.8. The quantitative estimate of drug-likeness (QED) is 0.858. The molecule has 1 aliphatic rings. The molecule has 2 aromatic rings. The average Bonchev–Trinajstić information content (AvgIpc) is 2.93. The van der Waals surface area contributed by atoms with Crippen molar-refractivity contribution in [2.75, 3.05) is 0 Å². The molecule has 0 fully saturated rings. The van der Waals surface area contributed by atoms with Crippen LogP contribution >= 0.6 is 0 Å².